The van der Waals surface area contributed by atoms with Crippen LogP contribution in [0.3, 0.4) is 0 Å². The van der Waals surface area contributed by atoms with Crippen molar-refractivity contribution in [2.24, 2.45) is 0 Å². The molecular formula is C27H33ClN4O5. The molecule has 2 aromatic carbocycles. The number of amidine groups is 1. The summed E-state index contributed by atoms with van der Waals surface area (Å²) in [6.45, 7) is 7.40. The third-order valence-corrected chi connectivity index (χ3v) is 6.97. The standard InChI is InChI=1S/C27H32N4O5.ClH/c1-5-36-23-11-17-13-31(25(28)18(17)12-19(23)26(35)29-4)14-22(32)16-6-7-21-20(10-16)27(2,3)8-9-30(21)15-24(33)34;/h6-7,10-12,28H,5,8-9,13-15H2,1-4H3,(H,29,35)(H,33,34);1H. The van der Waals surface area contributed by atoms with E-state index in [1.54, 1.807) is 30.1 Å². The number of benzene rings is 2. The summed E-state index contributed by atoms with van der Waals surface area (Å²) >= 11 is 0. The highest BCUT2D eigenvalue weighted by molar-refractivity contribution is 6.07. The second kappa shape index (κ2) is 10.8. The van der Waals surface area contributed by atoms with Crippen LogP contribution in [0.1, 0.15) is 64.6 Å². The van der Waals surface area contributed by atoms with Gasteiger partial charge >= 0.3 is 5.97 Å². The number of fused-ring (bicyclic) bond motifs is 2. The molecule has 0 saturated heterocycles. The number of ketones is 1. The van der Waals surface area contributed by atoms with E-state index in [1.807, 2.05) is 24.0 Å². The van der Waals surface area contributed by atoms with Crippen LogP contribution in [-0.2, 0) is 16.8 Å². The molecule has 0 unspecified atom stereocenters. The average Bonchev–Trinajstić information content (AvgIpc) is 3.13. The van der Waals surface area contributed by atoms with Crippen LogP contribution in [0.25, 0.3) is 0 Å². The van der Waals surface area contributed by atoms with E-state index in [0.29, 0.717) is 42.1 Å². The zero-order chi connectivity index (χ0) is 26.2. The minimum absolute atomic E-state index is 0. The van der Waals surface area contributed by atoms with Crippen molar-refractivity contribution < 1.29 is 24.2 Å². The molecule has 0 saturated carbocycles. The molecule has 0 aromatic heterocycles. The van der Waals surface area contributed by atoms with E-state index in [-0.39, 0.29) is 48.4 Å². The number of Topliss-reactive ketones (excluding diaryl/α,β-unsaturated/α-hetero) is 1. The summed E-state index contributed by atoms with van der Waals surface area (Å²) in [5, 5.41) is 20.5. The average molecular weight is 529 g/mol. The van der Waals surface area contributed by atoms with E-state index in [9.17, 15) is 19.5 Å². The van der Waals surface area contributed by atoms with Gasteiger partial charge in [-0.25, -0.2) is 0 Å². The lowest BCUT2D eigenvalue weighted by Gasteiger charge is -2.39. The second-order valence-corrected chi connectivity index (χ2v) is 9.83. The number of rotatable bonds is 8. The van der Waals surface area contributed by atoms with Gasteiger partial charge in [-0.2, -0.15) is 0 Å². The lowest BCUT2D eigenvalue weighted by Crippen LogP contribution is -2.40. The molecule has 0 radical (unpaired) electrons. The van der Waals surface area contributed by atoms with E-state index in [0.717, 1.165) is 23.2 Å². The minimum Gasteiger partial charge on any atom is -0.493 e. The number of carbonyl (C=O) groups is 3. The zero-order valence-corrected chi connectivity index (χ0v) is 22.3. The molecule has 2 aromatic rings. The van der Waals surface area contributed by atoms with E-state index >= 15 is 0 Å². The zero-order valence-electron chi connectivity index (χ0n) is 21.5. The summed E-state index contributed by atoms with van der Waals surface area (Å²) in [7, 11) is 1.54. The van der Waals surface area contributed by atoms with Gasteiger partial charge in [0.2, 0.25) is 0 Å². The summed E-state index contributed by atoms with van der Waals surface area (Å²) < 4.78 is 5.65. The van der Waals surface area contributed by atoms with Crippen LogP contribution in [0.5, 0.6) is 5.75 Å². The smallest absolute Gasteiger partial charge is 0.323 e. The van der Waals surface area contributed by atoms with E-state index in [4.69, 9.17) is 10.1 Å². The number of ether oxygens (including phenoxy) is 1. The molecular weight excluding hydrogens is 496 g/mol. The fourth-order valence-electron chi connectivity index (χ4n) is 4.94. The summed E-state index contributed by atoms with van der Waals surface area (Å²) in [5.74, 6) is -0.660. The van der Waals surface area contributed by atoms with Gasteiger partial charge in [-0.3, -0.25) is 19.8 Å². The summed E-state index contributed by atoms with van der Waals surface area (Å²) in [4.78, 5) is 40.5. The van der Waals surface area contributed by atoms with Crippen molar-refractivity contribution >= 4 is 41.6 Å². The Balaban J connectivity index is 0.00000380. The first-order valence-electron chi connectivity index (χ1n) is 12.1. The quantitative estimate of drug-likeness (QED) is 0.448. The Labute approximate surface area is 222 Å². The SMILES string of the molecule is CCOc1cc2c(cc1C(=O)NC)C(=N)N(CC(=O)c1ccc3c(c1)C(C)(C)CCN3CC(=O)O)C2.Cl. The number of hydrogen-bond acceptors (Lipinski definition) is 6. The highest BCUT2D eigenvalue weighted by atomic mass is 35.5. The van der Waals surface area contributed by atoms with Crippen molar-refractivity contribution in [3.05, 3.63) is 58.1 Å². The fraction of sp³-hybridized carbons (Fsp3) is 0.407. The van der Waals surface area contributed by atoms with Crippen LogP contribution in [0, 0.1) is 5.41 Å². The fourth-order valence-corrected chi connectivity index (χ4v) is 4.94. The minimum atomic E-state index is -0.889. The number of amides is 1. The van der Waals surface area contributed by atoms with Gasteiger partial charge in [0.05, 0.1) is 18.7 Å². The number of hydrogen-bond donors (Lipinski definition) is 3. The van der Waals surface area contributed by atoms with Gasteiger partial charge in [-0.1, -0.05) is 13.8 Å². The second-order valence-electron chi connectivity index (χ2n) is 9.83. The summed E-state index contributed by atoms with van der Waals surface area (Å²) in [6.07, 6.45) is 0.785. The number of aliphatic carboxylic acids is 1. The van der Waals surface area contributed by atoms with Crippen LogP contribution in [-0.4, -0.2) is 66.8 Å². The number of halogens is 1. The monoisotopic (exact) mass is 528 g/mol. The Morgan fingerprint density at radius 2 is 1.86 bits per heavy atom. The first kappa shape index (κ1) is 28.0. The lowest BCUT2D eigenvalue weighted by atomic mass is 9.77. The molecule has 3 N–H and O–H groups in total. The third-order valence-electron chi connectivity index (χ3n) is 6.97. The maximum atomic E-state index is 13.3. The van der Waals surface area contributed by atoms with Crippen molar-refractivity contribution in [1.29, 1.82) is 5.41 Å². The molecule has 198 valence electrons. The Hall–Kier alpha value is -3.59. The molecule has 0 fully saturated rings. The van der Waals surface area contributed by atoms with Crippen LogP contribution in [0.15, 0.2) is 30.3 Å². The highest BCUT2D eigenvalue weighted by Crippen LogP contribution is 2.40. The molecule has 0 spiro atoms. The van der Waals surface area contributed by atoms with Crippen molar-refractivity contribution in [2.75, 3.05) is 38.2 Å². The van der Waals surface area contributed by atoms with Crippen molar-refractivity contribution in [3.63, 3.8) is 0 Å². The number of carboxylic acids is 1. The first-order chi connectivity index (χ1) is 17.1. The van der Waals surface area contributed by atoms with E-state index in [1.165, 1.54) is 0 Å². The van der Waals surface area contributed by atoms with E-state index in [2.05, 4.69) is 19.2 Å². The predicted octanol–water partition coefficient (Wildman–Crippen LogP) is 3.46. The molecule has 4 rings (SSSR count). The van der Waals surface area contributed by atoms with Gasteiger partial charge in [0.25, 0.3) is 5.91 Å². The molecule has 1 amide bonds. The highest BCUT2D eigenvalue weighted by Gasteiger charge is 2.33. The van der Waals surface area contributed by atoms with Gasteiger partial charge in [0.1, 0.15) is 18.1 Å². The Morgan fingerprint density at radius 1 is 1.14 bits per heavy atom. The largest absolute Gasteiger partial charge is 0.493 e. The number of nitrogens with one attached hydrogen (secondary N) is 2. The normalized spacial score (nSPS) is 15.4. The molecule has 10 heteroatoms. The third kappa shape index (κ3) is 5.41. The number of anilines is 1. The molecule has 0 aliphatic carbocycles. The number of nitrogens with zero attached hydrogens (tertiary/aromatic N) is 2. The maximum absolute atomic E-state index is 13.3. The Kier molecular flexibility index (Phi) is 8.17. The molecule has 9 nitrogen and oxygen atoms in total. The van der Waals surface area contributed by atoms with Gasteiger partial charge in [-0.05, 0) is 60.2 Å². The molecule has 2 heterocycles. The maximum Gasteiger partial charge on any atom is 0.323 e. The number of carboxylic acid groups (broad SMARTS) is 1. The van der Waals surface area contributed by atoms with Crippen LogP contribution >= 0.6 is 12.4 Å². The van der Waals surface area contributed by atoms with Crippen LogP contribution < -0.4 is 15.0 Å². The number of carbonyl (C=O) groups excluding carboxylic acids is 2. The predicted molar refractivity (Wildman–Crippen MR) is 144 cm³/mol. The Morgan fingerprint density at radius 3 is 2.51 bits per heavy atom. The molecule has 2 aliphatic rings. The molecule has 0 atom stereocenters. The van der Waals surface area contributed by atoms with Crippen molar-refractivity contribution in [3.8, 4) is 5.75 Å². The lowest BCUT2D eigenvalue weighted by molar-refractivity contribution is -0.135. The van der Waals surface area contributed by atoms with Crippen molar-refractivity contribution in [2.45, 2.75) is 39.2 Å². The van der Waals surface area contributed by atoms with Crippen LogP contribution in [0.2, 0.25) is 0 Å². The summed E-state index contributed by atoms with van der Waals surface area (Å²) in [5.41, 5.74) is 3.94. The first-order valence-corrected chi connectivity index (χ1v) is 12.1. The Bertz CT molecular complexity index is 1260. The summed E-state index contributed by atoms with van der Waals surface area (Å²) in [6, 6.07) is 8.88. The van der Waals surface area contributed by atoms with Crippen molar-refractivity contribution in [1.82, 2.24) is 10.2 Å². The van der Waals surface area contributed by atoms with Gasteiger partial charge in [0, 0.05) is 37.0 Å². The van der Waals surface area contributed by atoms with E-state index < -0.39 is 5.97 Å². The van der Waals surface area contributed by atoms with Crippen LogP contribution in [0.4, 0.5) is 5.69 Å². The van der Waals surface area contributed by atoms with Gasteiger partial charge in [-0.15, -0.1) is 12.4 Å². The molecule has 37 heavy (non-hydrogen) atoms. The molecule has 2 aliphatic heterocycles. The van der Waals surface area contributed by atoms with Gasteiger partial charge < -0.3 is 25.0 Å². The van der Waals surface area contributed by atoms with Gasteiger partial charge in [0.15, 0.2) is 5.78 Å². The molecule has 0 bridgehead atoms. The topological polar surface area (TPSA) is 123 Å².